The van der Waals surface area contributed by atoms with Gasteiger partial charge >= 0.3 is 0 Å². The highest BCUT2D eigenvalue weighted by molar-refractivity contribution is 7.14. The van der Waals surface area contributed by atoms with Crippen molar-refractivity contribution in [3.63, 3.8) is 0 Å². The summed E-state index contributed by atoms with van der Waals surface area (Å²) in [5, 5.41) is 4.30. The van der Waals surface area contributed by atoms with Gasteiger partial charge in [0.1, 0.15) is 0 Å². The maximum absolute atomic E-state index is 2.47. The lowest BCUT2D eigenvalue weighted by atomic mass is 10.3. The molecule has 0 saturated heterocycles. The molecule has 0 radical (unpaired) electrons. The second-order valence-electron chi connectivity index (χ2n) is 4.56. The Morgan fingerprint density at radius 3 is 1.89 bits per heavy atom. The lowest BCUT2D eigenvalue weighted by Gasteiger charge is -2.11. The first-order valence-corrected chi connectivity index (χ1v) is 8.43. The highest BCUT2D eigenvalue weighted by Gasteiger charge is 2.12. The smallest absolute Gasteiger partial charge is 0.0586 e. The van der Waals surface area contributed by atoms with Crippen LogP contribution >= 0.6 is 22.7 Å². The SMILES string of the molecule is CCCCn1c(-c2cccs2)ccc1-c1cccs1. The van der Waals surface area contributed by atoms with Gasteiger partial charge in [0.15, 0.2) is 0 Å². The molecule has 0 spiro atoms. The van der Waals surface area contributed by atoms with Gasteiger partial charge < -0.3 is 4.57 Å². The molecule has 0 aromatic carbocycles. The highest BCUT2D eigenvalue weighted by atomic mass is 32.1. The Morgan fingerprint density at radius 1 is 0.895 bits per heavy atom. The Hall–Kier alpha value is -1.32. The molecule has 0 aliphatic heterocycles. The lowest BCUT2D eigenvalue weighted by molar-refractivity contribution is 0.645. The van der Waals surface area contributed by atoms with Gasteiger partial charge in [0.25, 0.3) is 0 Å². The topological polar surface area (TPSA) is 4.93 Å². The number of hydrogen-bond donors (Lipinski definition) is 0. The molecule has 0 atom stereocenters. The van der Waals surface area contributed by atoms with Crippen LogP contribution in [-0.2, 0) is 6.54 Å². The number of hydrogen-bond acceptors (Lipinski definition) is 2. The third kappa shape index (κ3) is 2.53. The first kappa shape index (κ1) is 12.7. The third-order valence-electron chi connectivity index (χ3n) is 3.26. The first-order valence-electron chi connectivity index (χ1n) is 6.67. The molecule has 3 rings (SSSR count). The number of aromatic nitrogens is 1. The predicted octanol–water partition coefficient (Wildman–Crippen LogP) is 5.75. The number of thiophene rings is 2. The van der Waals surface area contributed by atoms with E-state index in [1.165, 1.54) is 34.0 Å². The minimum Gasteiger partial charge on any atom is -0.339 e. The van der Waals surface area contributed by atoms with E-state index in [2.05, 4.69) is 58.6 Å². The zero-order valence-electron chi connectivity index (χ0n) is 11.0. The number of nitrogens with zero attached hydrogens (tertiary/aromatic N) is 1. The normalized spacial score (nSPS) is 11.0. The standard InChI is InChI=1S/C16H17NS2/c1-2-3-10-17-13(15-6-4-11-18-15)8-9-14(17)16-7-5-12-19-16/h4-9,11-12H,2-3,10H2,1H3. The van der Waals surface area contributed by atoms with Gasteiger partial charge in [-0.25, -0.2) is 0 Å². The molecule has 3 heteroatoms. The Morgan fingerprint density at radius 2 is 1.47 bits per heavy atom. The van der Waals surface area contributed by atoms with Crippen molar-refractivity contribution in [2.45, 2.75) is 26.3 Å². The molecule has 0 aliphatic rings. The first-order chi connectivity index (χ1) is 9.40. The largest absolute Gasteiger partial charge is 0.339 e. The zero-order valence-corrected chi connectivity index (χ0v) is 12.6. The van der Waals surface area contributed by atoms with E-state index in [4.69, 9.17) is 0 Å². The number of unbranched alkanes of at least 4 members (excludes halogenated alkanes) is 1. The monoisotopic (exact) mass is 287 g/mol. The van der Waals surface area contributed by atoms with Gasteiger partial charge in [-0.15, -0.1) is 22.7 Å². The summed E-state index contributed by atoms with van der Waals surface area (Å²) in [5.74, 6) is 0. The van der Waals surface area contributed by atoms with E-state index in [0.717, 1.165) is 6.54 Å². The molecule has 3 aromatic heterocycles. The van der Waals surface area contributed by atoms with E-state index in [1.54, 1.807) is 0 Å². The molecule has 0 aliphatic carbocycles. The summed E-state index contributed by atoms with van der Waals surface area (Å²) in [6, 6.07) is 13.2. The van der Waals surface area contributed by atoms with Gasteiger partial charge in [0.2, 0.25) is 0 Å². The zero-order chi connectivity index (χ0) is 13.1. The molecule has 0 saturated carbocycles. The third-order valence-corrected chi connectivity index (χ3v) is 5.05. The maximum Gasteiger partial charge on any atom is 0.0586 e. The Kier molecular flexibility index (Phi) is 3.85. The summed E-state index contributed by atoms with van der Waals surface area (Å²) in [4.78, 5) is 2.72. The average Bonchev–Trinajstić information content (AvgIpc) is 3.15. The van der Waals surface area contributed by atoms with Crippen molar-refractivity contribution in [3.05, 3.63) is 47.2 Å². The van der Waals surface area contributed by atoms with E-state index >= 15 is 0 Å². The summed E-state index contributed by atoms with van der Waals surface area (Å²) in [7, 11) is 0. The maximum atomic E-state index is 2.47. The van der Waals surface area contributed by atoms with Gasteiger partial charge in [-0.1, -0.05) is 25.5 Å². The fraction of sp³-hybridized carbons (Fsp3) is 0.250. The molecule has 0 unspecified atom stereocenters. The predicted molar refractivity (Wildman–Crippen MR) is 86.0 cm³/mol. The van der Waals surface area contributed by atoms with Crippen LogP contribution in [0.25, 0.3) is 21.1 Å². The van der Waals surface area contributed by atoms with E-state index < -0.39 is 0 Å². The van der Waals surface area contributed by atoms with Gasteiger partial charge in [0.05, 0.1) is 21.1 Å². The van der Waals surface area contributed by atoms with E-state index in [9.17, 15) is 0 Å². The van der Waals surface area contributed by atoms with Crippen molar-refractivity contribution in [2.75, 3.05) is 0 Å². The summed E-state index contributed by atoms with van der Waals surface area (Å²) >= 11 is 3.63. The van der Waals surface area contributed by atoms with E-state index in [1.807, 2.05) is 22.7 Å². The molecule has 3 aromatic rings. The molecule has 98 valence electrons. The van der Waals surface area contributed by atoms with Crippen molar-refractivity contribution in [1.29, 1.82) is 0 Å². The van der Waals surface area contributed by atoms with Crippen molar-refractivity contribution < 1.29 is 0 Å². The molecule has 19 heavy (non-hydrogen) atoms. The fourth-order valence-corrected chi connectivity index (χ4v) is 3.82. The van der Waals surface area contributed by atoms with Crippen molar-refractivity contribution >= 4 is 22.7 Å². The molecule has 0 amide bonds. The van der Waals surface area contributed by atoms with Crippen LogP contribution in [-0.4, -0.2) is 4.57 Å². The minimum atomic E-state index is 1.10. The van der Waals surface area contributed by atoms with Crippen LogP contribution in [0.1, 0.15) is 19.8 Å². The summed E-state index contributed by atoms with van der Waals surface area (Å²) < 4.78 is 2.47. The molecule has 3 heterocycles. The van der Waals surface area contributed by atoms with Gasteiger partial charge in [-0.05, 0) is 41.4 Å². The average molecular weight is 287 g/mol. The van der Waals surface area contributed by atoms with E-state index in [-0.39, 0.29) is 0 Å². The second kappa shape index (κ2) is 5.76. The van der Waals surface area contributed by atoms with Crippen molar-refractivity contribution in [3.8, 4) is 21.1 Å². The molecule has 1 nitrogen and oxygen atoms in total. The molecular weight excluding hydrogens is 270 g/mol. The highest BCUT2D eigenvalue weighted by Crippen LogP contribution is 2.33. The van der Waals surface area contributed by atoms with Gasteiger partial charge in [-0.2, -0.15) is 0 Å². The van der Waals surface area contributed by atoms with Crippen LogP contribution in [0.3, 0.4) is 0 Å². The lowest BCUT2D eigenvalue weighted by Crippen LogP contribution is -2.00. The molecule has 0 bridgehead atoms. The quantitative estimate of drug-likeness (QED) is 0.563. The Balaban J connectivity index is 2.05. The fourth-order valence-electron chi connectivity index (χ4n) is 2.30. The second-order valence-corrected chi connectivity index (χ2v) is 6.46. The summed E-state index contributed by atoms with van der Waals surface area (Å²) in [5.41, 5.74) is 2.71. The molecule has 0 N–H and O–H groups in total. The van der Waals surface area contributed by atoms with E-state index in [0.29, 0.717) is 0 Å². The van der Waals surface area contributed by atoms with Crippen LogP contribution in [0.4, 0.5) is 0 Å². The van der Waals surface area contributed by atoms with Crippen molar-refractivity contribution in [2.24, 2.45) is 0 Å². The minimum absolute atomic E-state index is 1.10. The van der Waals surface area contributed by atoms with Crippen LogP contribution in [0, 0.1) is 0 Å². The summed E-state index contributed by atoms with van der Waals surface area (Å²) in [6.45, 7) is 3.35. The molecule has 0 fully saturated rings. The molecular formula is C16H17NS2. The summed E-state index contributed by atoms with van der Waals surface area (Å²) in [6.07, 6.45) is 2.46. The van der Waals surface area contributed by atoms with Crippen LogP contribution in [0.15, 0.2) is 47.2 Å². The van der Waals surface area contributed by atoms with Crippen molar-refractivity contribution in [1.82, 2.24) is 4.57 Å². The van der Waals surface area contributed by atoms with Crippen LogP contribution in [0.2, 0.25) is 0 Å². The Labute approximate surface area is 122 Å². The van der Waals surface area contributed by atoms with Gasteiger partial charge in [0, 0.05) is 6.54 Å². The number of rotatable bonds is 5. The van der Waals surface area contributed by atoms with Gasteiger partial charge in [-0.3, -0.25) is 0 Å². The van der Waals surface area contributed by atoms with Crippen LogP contribution < -0.4 is 0 Å². The Bertz CT molecular complexity index is 566. The van der Waals surface area contributed by atoms with Crippen LogP contribution in [0.5, 0.6) is 0 Å².